The Hall–Kier alpha value is -6.39. The monoisotopic (exact) mass is 984 g/mol. The summed E-state index contributed by atoms with van der Waals surface area (Å²) in [4.78, 5) is 9.55. The molecule has 10 rings (SSSR count). The molecule has 309 valence electrons. The number of fused-ring (bicyclic) bond motifs is 4. The van der Waals surface area contributed by atoms with Crippen LogP contribution in [-0.4, -0.2) is 14.5 Å². The standard InChI is InChI=1S/C46H41N2O.C11H8N.Ir/c1-27(2)38-24-34(32-14-9-8-10-15-32)25-39(28(3)4)44(38)48-41-19-12-11-18-40(41)47-46(48)37-17-13-16-36-35-21-20-33(26-42(35)49-45(36)37)43-30(6)22-29(5)23-31(43)7;1-2-6-10(7-3-1)11-8-4-5-9-12-11;/h8-16,18-28H,1-7H3;1-6,8-9H;/q2*-1;. The third kappa shape index (κ3) is 8.07. The van der Waals surface area contributed by atoms with Gasteiger partial charge in [-0.15, -0.1) is 54.1 Å². The number of furan rings is 1. The molecule has 1 radical (unpaired) electrons. The van der Waals surface area contributed by atoms with Gasteiger partial charge in [-0.2, -0.15) is 0 Å². The van der Waals surface area contributed by atoms with Crippen LogP contribution in [0.4, 0.5) is 0 Å². The van der Waals surface area contributed by atoms with E-state index < -0.39 is 0 Å². The van der Waals surface area contributed by atoms with Gasteiger partial charge in [-0.1, -0.05) is 123 Å². The molecule has 0 bridgehead atoms. The molecule has 0 aliphatic carbocycles. The van der Waals surface area contributed by atoms with Crippen molar-refractivity contribution in [2.75, 3.05) is 0 Å². The maximum absolute atomic E-state index is 6.84. The van der Waals surface area contributed by atoms with Gasteiger partial charge in [0.1, 0.15) is 5.58 Å². The molecule has 0 unspecified atom stereocenters. The fraction of sp³-hybridized carbons (Fsp3) is 0.158. The van der Waals surface area contributed by atoms with Crippen molar-refractivity contribution in [2.45, 2.75) is 60.3 Å². The molecule has 0 N–H and O–H groups in total. The van der Waals surface area contributed by atoms with Crippen molar-refractivity contribution in [1.82, 2.24) is 14.5 Å². The van der Waals surface area contributed by atoms with Crippen LogP contribution in [0.3, 0.4) is 0 Å². The van der Waals surface area contributed by atoms with Crippen molar-refractivity contribution in [2.24, 2.45) is 0 Å². The SMILES string of the molecule is Cc1cc(C)c(-c2ccc3c(c2)oc2c(-c4nc5ccccc5n4-c4c(C(C)C)cc(-c5ccccc5)cc4C(C)C)[c-]ccc23)c(C)c1.[Ir].[c-]1ccccc1-c1ccccn1. The van der Waals surface area contributed by atoms with Gasteiger partial charge in [0.2, 0.25) is 0 Å². The minimum Gasteiger partial charge on any atom is -0.501 e. The van der Waals surface area contributed by atoms with Gasteiger partial charge in [0, 0.05) is 37.4 Å². The van der Waals surface area contributed by atoms with Gasteiger partial charge in [-0.25, -0.2) is 0 Å². The summed E-state index contributed by atoms with van der Waals surface area (Å²) in [5, 5.41) is 2.16. The average molecular weight is 984 g/mol. The van der Waals surface area contributed by atoms with Gasteiger partial charge in [0.05, 0.1) is 22.4 Å². The Kier molecular flexibility index (Phi) is 12.2. The van der Waals surface area contributed by atoms with E-state index >= 15 is 0 Å². The average Bonchev–Trinajstić information content (AvgIpc) is 3.85. The van der Waals surface area contributed by atoms with E-state index in [1.54, 1.807) is 6.20 Å². The molecule has 7 aromatic carbocycles. The van der Waals surface area contributed by atoms with Crippen molar-refractivity contribution in [3.8, 4) is 50.6 Å². The number of rotatable bonds is 7. The predicted molar refractivity (Wildman–Crippen MR) is 254 cm³/mol. The van der Waals surface area contributed by atoms with Crippen LogP contribution in [0.2, 0.25) is 0 Å². The molecule has 0 aliphatic rings. The first-order valence-electron chi connectivity index (χ1n) is 21.2. The van der Waals surface area contributed by atoms with Gasteiger partial charge < -0.3 is 14.0 Å². The summed E-state index contributed by atoms with van der Waals surface area (Å²) in [5.74, 6) is 1.40. The van der Waals surface area contributed by atoms with Crippen molar-refractivity contribution in [3.05, 3.63) is 198 Å². The topological polar surface area (TPSA) is 43.9 Å². The van der Waals surface area contributed by atoms with Crippen LogP contribution in [0.25, 0.3) is 83.6 Å². The van der Waals surface area contributed by atoms with Gasteiger partial charge >= 0.3 is 0 Å². The van der Waals surface area contributed by atoms with Crippen molar-refractivity contribution < 1.29 is 24.5 Å². The Balaban J connectivity index is 0.000000350. The molecular weight excluding hydrogens is 935 g/mol. The van der Waals surface area contributed by atoms with Crippen LogP contribution in [0, 0.1) is 32.9 Å². The minimum atomic E-state index is 0. The van der Waals surface area contributed by atoms with E-state index in [-0.39, 0.29) is 31.9 Å². The van der Waals surface area contributed by atoms with Crippen molar-refractivity contribution in [1.29, 1.82) is 0 Å². The number of para-hydroxylation sites is 2. The van der Waals surface area contributed by atoms with E-state index in [0.29, 0.717) is 0 Å². The molecule has 0 amide bonds. The number of benzene rings is 7. The smallest absolute Gasteiger partial charge is 0.121 e. The molecule has 0 spiro atoms. The van der Waals surface area contributed by atoms with Gasteiger partial charge in [-0.05, 0) is 119 Å². The number of aromatic nitrogens is 3. The summed E-state index contributed by atoms with van der Waals surface area (Å²) in [7, 11) is 0. The van der Waals surface area contributed by atoms with E-state index in [1.165, 1.54) is 55.8 Å². The Morgan fingerprint density at radius 1 is 0.597 bits per heavy atom. The van der Waals surface area contributed by atoms with Crippen molar-refractivity contribution >= 4 is 33.0 Å². The Bertz CT molecular complexity index is 3070. The summed E-state index contributed by atoms with van der Waals surface area (Å²) < 4.78 is 9.21. The molecule has 0 saturated heterocycles. The third-order valence-corrected chi connectivity index (χ3v) is 11.6. The van der Waals surface area contributed by atoms with E-state index in [0.717, 1.165) is 55.6 Å². The molecule has 0 atom stereocenters. The van der Waals surface area contributed by atoms with E-state index in [9.17, 15) is 0 Å². The van der Waals surface area contributed by atoms with E-state index in [2.05, 4.69) is 173 Å². The zero-order valence-electron chi connectivity index (χ0n) is 36.2. The second-order valence-electron chi connectivity index (χ2n) is 16.6. The second-order valence-corrected chi connectivity index (χ2v) is 16.6. The summed E-state index contributed by atoms with van der Waals surface area (Å²) in [5.41, 5.74) is 19.1. The maximum atomic E-state index is 6.84. The number of nitrogens with zero attached hydrogens (tertiary/aromatic N) is 3. The zero-order valence-corrected chi connectivity index (χ0v) is 38.6. The third-order valence-electron chi connectivity index (χ3n) is 11.6. The Morgan fingerprint density at radius 3 is 1.97 bits per heavy atom. The predicted octanol–water partition coefficient (Wildman–Crippen LogP) is 15.4. The molecule has 62 heavy (non-hydrogen) atoms. The maximum Gasteiger partial charge on any atom is 0.121 e. The molecule has 3 aromatic heterocycles. The number of hydrogen-bond acceptors (Lipinski definition) is 3. The number of hydrogen-bond donors (Lipinski definition) is 0. The van der Waals surface area contributed by atoms with Gasteiger partial charge in [-0.3, -0.25) is 4.98 Å². The molecular formula is C57H49IrN3O-2. The van der Waals surface area contributed by atoms with Crippen LogP contribution in [0.15, 0.2) is 162 Å². The minimum absolute atomic E-state index is 0. The Morgan fingerprint density at radius 2 is 1.29 bits per heavy atom. The molecule has 10 aromatic rings. The molecule has 0 saturated carbocycles. The molecule has 0 fully saturated rings. The first-order valence-corrected chi connectivity index (χ1v) is 21.2. The van der Waals surface area contributed by atoms with Crippen LogP contribution in [0.1, 0.15) is 67.3 Å². The summed E-state index contributed by atoms with van der Waals surface area (Å²) >= 11 is 0. The molecule has 3 heterocycles. The fourth-order valence-electron chi connectivity index (χ4n) is 8.81. The number of aryl methyl sites for hydroxylation is 3. The fourth-order valence-corrected chi connectivity index (χ4v) is 8.81. The van der Waals surface area contributed by atoms with Gasteiger partial charge in [0.25, 0.3) is 0 Å². The van der Waals surface area contributed by atoms with Crippen LogP contribution in [-0.2, 0) is 20.1 Å². The first-order chi connectivity index (χ1) is 29.7. The quantitative estimate of drug-likeness (QED) is 0.149. The van der Waals surface area contributed by atoms with Crippen molar-refractivity contribution in [3.63, 3.8) is 0 Å². The number of imidazole rings is 1. The summed E-state index contributed by atoms with van der Waals surface area (Å²) in [6.45, 7) is 15.7. The summed E-state index contributed by atoms with van der Waals surface area (Å²) in [6, 6.07) is 59.6. The van der Waals surface area contributed by atoms with E-state index in [1.807, 2.05) is 48.5 Å². The molecule has 5 heteroatoms. The van der Waals surface area contributed by atoms with Crippen LogP contribution < -0.4 is 0 Å². The van der Waals surface area contributed by atoms with Crippen LogP contribution >= 0.6 is 0 Å². The van der Waals surface area contributed by atoms with E-state index in [4.69, 9.17) is 9.40 Å². The largest absolute Gasteiger partial charge is 0.501 e. The zero-order chi connectivity index (χ0) is 42.2. The first kappa shape index (κ1) is 42.3. The normalized spacial score (nSPS) is 11.3. The molecule has 4 nitrogen and oxygen atoms in total. The van der Waals surface area contributed by atoms with Gasteiger partial charge in [0.15, 0.2) is 0 Å². The summed E-state index contributed by atoms with van der Waals surface area (Å²) in [6.07, 6.45) is 1.79. The Labute approximate surface area is 378 Å². The molecule has 0 aliphatic heterocycles. The van der Waals surface area contributed by atoms with Crippen LogP contribution in [0.5, 0.6) is 0 Å². The number of pyridine rings is 1. The second kappa shape index (κ2) is 17.9.